The van der Waals surface area contributed by atoms with Crippen LogP contribution in [-0.2, 0) is 16.1 Å². The second-order valence-electron chi connectivity index (χ2n) is 5.50. The number of halogens is 1. The van der Waals surface area contributed by atoms with E-state index < -0.39 is 12.0 Å². The molecule has 1 aliphatic rings. The van der Waals surface area contributed by atoms with Crippen LogP contribution < -0.4 is 0 Å². The zero-order valence-corrected chi connectivity index (χ0v) is 12.7. The second kappa shape index (κ2) is 7.35. The normalized spacial score (nSPS) is 18.4. The number of benzene rings is 1. The molecule has 0 saturated carbocycles. The Bertz CT molecular complexity index is 550. The van der Waals surface area contributed by atoms with Gasteiger partial charge in [-0.1, -0.05) is 12.1 Å². The van der Waals surface area contributed by atoms with E-state index in [1.807, 2.05) is 6.92 Å². The van der Waals surface area contributed by atoms with Gasteiger partial charge in [-0.3, -0.25) is 14.5 Å². The molecule has 1 atom stereocenters. The molecule has 0 unspecified atom stereocenters. The zero-order chi connectivity index (χ0) is 16.1. The van der Waals surface area contributed by atoms with Gasteiger partial charge in [0.25, 0.3) is 0 Å². The number of nitrogens with zero attached hydrogens (tertiary/aromatic N) is 2. The lowest BCUT2D eigenvalue weighted by atomic mass is 10.2. The summed E-state index contributed by atoms with van der Waals surface area (Å²) in [7, 11) is 0. The smallest absolute Gasteiger partial charge is 0.320 e. The SMILES string of the molecule is CCN(Cc1cccc(F)c1)C(=O)CN1CCC[C@H]1C(=O)O. The van der Waals surface area contributed by atoms with Crippen LogP contribution in [0.5, 0.6) is 0 Å². The van der Waals surface area contributed by atoms with E-state index in [1.54, 1.807) is 21.9 Å². The molecule has 1 aliphatic heterocycles. The van der Waals surface area contributed by atoms with Crippen LogP contribution in [0.25, 0.3) is 0 Å². The third-order valence-electron chi connectivity index (χ3n) is 3.98. The minimum atomic E-state index is -0.876. The molecule has 1 aromatic carbocycles. The number of hydrogen-bond acceptors (Lipinski definition) is 3. The van der Waals surface area contributed by atoms with Gasteiger partial charge in [0.05, 0.1) is 6.54 Å². The highest BCUT2D eigenvalue weighted by Gasteiger charge is 2.32. The van der Waals surface area contributed by atoms with Crippen molar-refractivity contribution in [2.45, 2.75) is 32.4 Å². The van der Waals surface area contributed by atoms with Crippen molar-refractivity contribution in [1.82, 2.24) is 9.80 Å². The fourth-order valence-corrected chi connectivity index (χ4v) is 2.80. The molecular formula is C16H21FN2O3. The van der Waals surface area contributed by atoms with E-state index in [9.17, 15) is 14.0 Å². The summed E-state index contributed by atoms with van der Waals surface area (Å²) in [5, 5.41) is 9.15. The Kier molecular flexibility index (Phi) is 5.49. The highest BCUT2D eigenvalue weighted by atomic mass is 19.1. The number of rotatable bonds is 6. The Morgan fingerprint density at radius 1 is 1.45 bits per heavy atom. The van der Waals surface area contributed by atoms with Gasteiger partial charge in [0, 0.05) is 13.1 Å². The maximum Gasteiger partial charge on any atom is 0.320 e. The summed E-state index contributed by atoms with van der Waals surface area (Å²) in [5.74, 6) is -1.33. The average molecular weight is 308 g/mol. The molecule has 0 radical (unpaired) electrons. The van der Waals surface area contributed by atoms with Crippen molar-refractivity contribution < 1.29 is 19.1 Å². The molecule has 5 nitrogen and oxygen atoms in total. The number of carboxylic acids is 1. The van der Waals surface area contributed by atoms with Crippen molar-refractivity contribution in [1.29, 1.82) is 0 Å². The third-order valence-corrected chi connectivity index (χ3v) is 3.98. The second-order valence-corrected chi connectivity index (χ2v) is 5.50. The Labute approximate surface area is 129 Å². The number of hydrogen-bond donors (Lipinski definition) is 1. The maximum absolute atomic E-state index is 13.2. The first-order valence-corrected chi connectivity index (χ1v) is 7.50. The van der Waals surface area contributed by atoms with Crippen molar-refractivity contribution in [2.75, 3.05) is 19.6 Å². The molecule has 1 aromatic rings. The fraction of sp³-hybridized carbons (Fsp3) is 0.500. The van der Waals surface area contributed by atoms with Crippen LogP contribution in [0.3, 0.4) is 0 Å². The Morgan fingerprint density at radius 2 is 2.23 bits per heavy atom. The highest BCUT2D eigenvalue weighted by Crippen LogP contribution is 2.17. The standard InChI is InChI=1S/C16H21FN2O3/c1-2-18(10-12-5-3-6-13(17)9-12)15(20)11-19-8-4-7-14(19)16(21)22/h3,5-6,9,14H,2,4,7-8,10-11H2,1H3,(H,21,22)/t14-/m0/s1. The first-order chi connectivity index (χ1) is 10.5. The minimum Gasteiger partial charge on any atom is -0.480 e. The van der Waals surface area contributed by atoms with Crippen molar-refractivity contribution in [3.63, 3.8) is 0 Å². The lowest BCUT2D eigenvalue weighted by Crippen LogP contribution is -2.44. The van der Waals surface area contributed by atoms with E-state index >= 15 is 0 Å². The monoisotopic (exact) mass is 308 g/mol. The highest BCUT2D eigenvalue weighted by molar-refractivity contribution is 5.80. The first-order valence-electron chi connectivity index (χ1n) is 7.50. The molecular weight excluding hydrogens is 287 g/mol. The van der Waals surface area contributed by atoms with Crippen molar-refractivity contribution >= 4 is 11.9 Å². The molecule has 0 aliphatic carbocycles. The van der Waals surface area contributed by atoms with Crippen LogP contribution in [0.2, 0.25) is 0 Å². The van der Waals surface area contributed by atoms with Gasteiger partial charge in [-0.25, -0.2) is 4.39 Å². The Balaban J connectivity index is 1.98. The summed E-state index contributed by atoms with van der Waals surface area (Å²) >= 11 is 0. The first kappa shape index (κ1) is 16.4. The van der Waals surface area contributed by atoms with Crippen LogP contribution in [0.1, 0.15) is 25.3 Å². The summed E-state index contributed by atoms with van der Waals surface area (Å²) in [5.41, 5.74) is 0.728. The molecule has 1 fully saturated rings. The number of carbonyl (C=O) groups is 2. The van der Waals surface area contributed by atoms with Gasteiger partial charge in [0.1, 0.15) is 11.9 Å². The van der Waals surface area contributed by atoms with Crippen LogP contribution in [0.4, 0.5) is 4.39 Å². The number of carboxylic acid groups (broad SMARTS) is 1. The van der Waals surface area contributed by atoms with Crippen LogP contribution in [-0.4, -0.2) is 52.5 Å². The van der Waals surface area contributed by atoms with E-state index in [0.717, 1.165) is 12.0 Å². The Morgan fingerprint density at radius 3 is 2.86 bits per heavy atom. The van der Waals surface area contributed by atoms with Crippen molar-refractivity contribution in [2.24, 2.45) is 0 Å². The summed E-state index contributed by atoms with van der Waals surface area (Å²) in [4.78, 5) is 26.9. The maximum atomic E-state index is 13.2. The van der Waals surface area contributed by atoms with Gasteiger partial charge in [0.2, 0.25) is 5.91 Å². The van der Waals surface area contributed by atoms with E-state index in [1.165, 1.54) is 12.1 Å². The Hall–Kier alpha value is -1.95. The van der Waals surface area contributed by atoms with Gasteiger partial charge in [-0.15, -0.1) is 0 Å². The quantitative estimate of drug-likeness (QED) is 0.869. The minimum absolute atomic E-state index is 0.0973. The zero-order valence-electron chi connectivity index (χ0n) is 12.7. The van der Waals surface area contributed by atoms with Crippen molar-refractivity contribution in [3.05, 3.63) is 35.6 Å². The number of carbonyl (C=O) groups excluding carboxylic acids is 1. The van der Waals surface area contributed by atoms with Crippen LogP contribution in [0, 0.1) is 5.82 Å². The lowest BCUT2D eigenvalue weighted by molar-refractivity contribution is -0.143. The van der Waals surface area contributed by atoms with Crippen molar-refractivity contribution in [3.8, 4) is 0 Å². The van der Waals surface area contributed by atoms with E-state index in [2.05, 4.69) is 0 Å². The number of aliphatic carboxylic acids is 1. The molecule has 1 heterocycles. The van der Waals surface area contributed by atoms with Gasteiger partial charge in [0.15, 0.2) is 0 Å². The molecule has 0 bridgehead atoms. The molecule has 6 heteroatoms. The summed E-state index contributed by atoms with van der Waals surface area (Å²) in [6.45, 7) is 3.41. The van der Waals surface area contributed by atoms with Gasteiger partial charge in [-0.2, -0.15) is 0 Å². The molecule has 0 spiro atoms. The molecule has 2 rings (SSSR count). The predicted octanol–water partition coefficient (Wildman–Crippen LogP) is 1.72. The fourth-order valence-electron chi connectivity index (χ4n) is 2.80. The third kappa shape index (κ3) is 4.04. The van der Waals surface area contributed by atoms with E-state index in [4.69, 9.17) is 5.11 Å². The number of amides is 1. The molecule has 120 valence electrons. The summed E-state index contributed by atoms with van der Waals surface area (Å²) in [6.07, 6.45) is 1.37. The average Bonchev–Trinajstić information content (AvgIpc) is 2.93. The lowest BCUT2D eigenvalue weighted by Gasteiger charge is -2.26. The van der Waals surface area contributed by atoms with E-state index in [-0.39, 0.29) is 18.3 Å². The molecule has 1 saturated heterocycles. The van der Waals surface area contributed by atoms with Crippen LogP contribution in [0.15, 0.2) is 24.3 Å². The number of likely N-dealkylation sites (tertiary alicyclic amines) is 1. The molecule has 22 heavy (non-hydrogen) atoms. The molecule has 1 amide bonds. The largest absolute Gasteiger partial charge is 0.480 e. The van der Waals surface area contributed by atoms with Gasteiger partial charge >= 0.3 is 5.97 Å². The number of likely N-dealkylation sites (N-methyl/N-ethyl adjacent to an activating group) is 1. The van der Waals surface area contributed by atoms with Crippen LogP contribution >= 0.6 is 0 Å². The topological polar surface area (TPSA) is 60.9 Å². The molecule has 1 N–H and O–H groups in total. The predicted molar refractivity (Wildman–Crippen MR) is 79.7 cm³/mol. The summed E-state index contributed by atoms with van der Waals surface area (Å²) < 4.78 is 13.2. The van der Waals surface area contributed by atoms with Gasteiger partial charge < -0.3 is 10.0 Å². The van der Waals surface area contributed by atoms with E-state index in [0.29, 0.717) is 26.1 Å². The molecule has 0 aromatic heterocycles. The van der Waals surface area contributed by atoms with Gasteiger partial charge in [-0.05, 0) is 44.0 Å². The summed E-state index contributed by atoms with van der Waals surface area (Å²) in [6, 6.07) is 5.59.